The molecule has 3 aromatic rings. The molecular formula is C32H33N3O6. The summed E-state index contributed by atoms with van der Waals surface area (Å²) in [6.45, 7) is 2.01. The number of amides is 3. The molecule has 41 heavy (non-hydrogen) atoms. The molecule has 0 aliphatic carbocycles. The van der Waals surface area contributed by atoms with Crippen molar-refractivity contribution in [2.75, 3.05) is 36.6 Å². The van der Waals surface area contributed by atoms with Gasteiger partial charge in [0.2, 0.25) is 5.91 Å². The lowest BCUT2D eigenvalue weighted by molar-refractivity contribution is -0.139. The summed E-state index contributed by atoms with van der Waals surface area (Å²) >= 11 is 0. The van der Waals surface area contributed by atoms with Gasteiger partial charge < -0.3 is 24.7 Å². The number of carbonyl (C=O) groups is 3. The number of aliphatic hydroxyl groups excluding tert-OH is 1. The van der Waals surface area contributed by atoms with E-state index >= 15 is 0 Å². The Balaban J connectivity index is 1.38. The number of hydrogen-bond donors (Lipinski definition) is 2. The van der Waals surface area contributed by atoms with Crippen molar-refractivity contribution in [3.05, 3.63) is 96.1 Å². The summed E-state index contributed by atoms with van der Waals surface area (Å²) in [5, 5.41) is 21.4. The van der Waals surface area contributed by atoms with Gasteiger partial charge in [0.15, 0.2) is 12.2 Å². The molecule has 0 saturated carbocycles. The van der Waals surface area contributed by atoms with Gasteiger partial charge in [0.1, 0.15) is 5.75 Å². The van der Waals surface area contributed by atoms with Crippen LogP contribution in [0.1, 0.15) is 24.5 Å². The van der Waals surface area contributed by atoms with Gasteiger partial charge in [-0.25, -0.2) is 0 Å². The fourth-order valence-electron chi connectivity index (χ4n) is 5.42. The fourth-order valence-corrected chi connectivity index (χ4v) is 5.42. The van der Waals surface area contributed by atoms with Crippen molar-refractivity contribution in [1.29, 1.82) is 0 Å². The van der Waals surface area contributed by atoms with Crippen LogP contribution in [0, 0.1) is 5.92 Å². The van der Waals surface area contributed by atoms with Gasteiger partial charge in [0.25, 0.3) is 11.8 Å². The number of ether oxygens (including phenoxy) is 1. The number of carbonyl (C=O) groups excluding carboxylic acids is 3. The van der Waals surface area contributed by atoms with E-state index in [0.29, 0.717) is 34.9 Å². The predicted molar refractivity (Wildman–Crippen MR) is 155 cm³/mol. The Morgan fingerprint density at radius 3 is 2.56 bits per heavy atom. The topological polar surface area (TPSA) is 111 Å². The first-order valence-corrected chi connectivity index (χ1v) is 13.5. The molecule has 2 aliphatic rings. The van der Waals surface area contributed by atoms with Crippen LogP contribution in [0.3, 0.4) is 0 Å². The minimum Gasteiger partial charge on any atom is -0.482 e. The largest absolute Gasteiger partial charge is 0.482 e. The molecule has 0 aromatic heterocycles. The van der Waals surface area contributed by atoms with Crippen molar-refractivity contribution in [1.82, 2.24) is 4.90 Å². The quantitative estimate of drug-likeness (QED) is 0.391. The smallest absolute Gasteiger partial charge is 0.269 e. The molecule has 0 saturated heterocycles. The first-order chi connectivity index (χ1) is 19.8. The average Bonchev–Trinajstić information content (AvgIpc) is 3.18. The minimum atomic E-state index is -1.90. The van der Waals surface area contributed by atoms with E-state index in [1.807, 2.05) is 42.5 Å². The first-order valence-electron chi connectivity index (χ1n) is 13.5. The number of likely N-dealkylation sites (N-methyl/N-ethyl adjacent to an activating group) is 1. The molecule has 0 bridgehead atoms. The Morgan fingerprint density at radius 1 is 1.07 bits per heavy atom. The van der Waals surface area contributed by atoms with E-state index in [1.165, 1.54) is 9.80 Å². The molecule has 9 heteroatoms. The Bertz CT molecular complexity index is 1490. The zero-order valence-electron chi connectivity index (χ0n) is 23.1. The number of rotatable bonds is 9. The van der Waals surface area contributed by atoms with Gasteiger partial charge in [0, 0.05) is 43.7 Å². The van der Waals surface area contributed by atoms with E-state index in [9.17, 15) is 24.6 Å². The third-order valence-corrected chi connectivity index (χ3v) is 7.66. The summed E-state index contributed by atoms with van der Waals surface area (Å²) in [6.07, 6.45) is 3.36. The standard InChI is InChI=1S/C32H33N3O6/c1-22(9-8-14-29(37)34(17-18-36)20-23-10-4-3-5-11-23)32(40)25-19-24(15-16-26(25)33(2)31(32)39)35-27-12-6-7-13-28(27)41-21-30(35)38/h3-13,15-16,19,22,36,40H,14,17-18,20-21H2,1-2H3/b9-8+/t22-,32+/m0/s1. The minimum absolute atomic E-state index is 0.0449. The van der Waals surface area contributed by atoms with E-state index < -0.39 is 17.4 Å². The molecule has 0 fully saturated rings. The van der Waals surface area contributed by atoms with E-state index in [0.717, 1.165) is 5.56 Å². The lowest BCUT2D eigenvalue weighted by atomic mass is 9.82. The summed E-state index contributed by atoms with van der Waals surface area (Å²) in [5.74, 6) is -1.05. The van der Waals surface area contributed by atoms with Crippen molar-refractivity contribution in [3.8, 4) is 5.75 Å². The summed E-state index contributed by atoms with van der Waals surface area (Å²) in [7, 11) is 1.60. The van der Waals surface area contributed by atoms with Gasteiger partial charge in [0.05, 0.1) is 18.0 Å². The van der Waals surface area contributed by atoms with Crippen LogP contribution in [0.5, 0.6) is 5.75 Å². The third-order valence-electron chi connectivity index (χ3n) is 7.66. The van der Waals surface area contributed by atoms with Crippen molar-refractivity contribution >= 4 is 34.8 Å². The molecule has 2 atom stereocenters. The number of hydrogen-bond acceptors (Lipinski definition) is 6. The van der Waals surface area contributed by atoms with E-state index in [-0.39, 0.29) is 38.0 Å². The molecule has 5 rings (SSSR count). The van der Waals surface area contributed by atoms with Crippen LogP contribution in [0.4, 0.5) is 17.1 Å². The maximum absolute atomic E-state index is 13.4. The molecule has 0 unspecified atom stereocenters. The van der Waals surface area contributed by atoms with Gasteiger partial charge in [-0.1, -0.05) is 61.5 Å². The highest BCUT2D eigenvalue weighted by molar-refractivity contribution is 6.09. The van der Waals surface area contributed by atoms with Gasteiger partial charge in [-0.15, -0.1) is 0 Å². The van der Waals surface area contributed by atoms with Crippen LogP contribution in [0.2, 0.25) is 0 Å². The molecule has 9 nitrogen and oxygen atoms in total. The Hall–Kier alpha value is -4.47. The van der Waals surface area contributed by atoms with E-state index in [1.54, 1.807) is 61.4 Å². The van der Waals surface area contributed by atoms with Crippen LogP contribution >= 0.6 is 0 Å². The highest BCUT2D eigenvalue weighted by Crippen LogP contribution is 2.47. The van der Waals surface area contributed by atoms with Crippen molar-refractivity contribution in [2.24, 2.45) is 5.92 Å². The molecule has 0 radical (unpaired) electrons. The maximum Gasteiger partial charge on any atom is 0.269 e. The van der Waals surface area contributed by atoms with Crippen LogP contribution in [-0.2, 0) is 26.5 Å². The number of nitrogens with zero attached hydrogens (tertiary/aromatic N) is 3. The number of anilines is 3. The van der Waals surface area contributed by atoms with Gasteiger partial charge >= 0.3 is 0 Å². The van der Waals surface area contributed by atoms with Crippen molar-refractivity contribution < 1.29 is 29.3 Å². The molecular weight excluding hydrogens is 522 g/mol. The number of benzene rings is 3. The number of aliphatic hydroxyl groups is 2. The molecule has 3 aromatic carbocycles. The molecule has 2 aliphatic heterocycles. The number of para-hydroxylation sites is 2. The normalized spacial score (nSPS) is 18.7. The summed E-state index contributed by atoms with van der Waals surface area (Å²) in [6, 6.07) is 21.9. The van der Waals surface area contributed by atoms with Crippen molar-refractivity contribution in [2.45, 2.75) is 25.5 Å². The van der Waals surface area contributed by atoms with Crippen molar-refractivity contribution in [3.63, 3.8) is 0 Å². The molecule has 0 spiro atoms. The van der Waals surface area contributed by atoms with Crippen LogP contribution < -0.4 is 14.5 Å². The SMILES string of the molecule is C[C@@H](/C=C/CC(=O)N(CCO)Cc1ccccc1)[C@]1(O)C(=O)N(C)c2ccc(N3C(=O)COc4ccccc43)cc21. The van der Waals surface area contributed by atoms with Gasteiger partial charge in [-0.3, -0.25) is 19.3 Å². The van der Waals surface area contributed by atoms with Crippen LogP contribution in [0.25, 0.3) is 0 Å². The predicted octanol–water partition coefficient (Wildman–Crippen LogP) is 3.51. The summed E-state index contributed by atoms with van der Waals surface area (Å²) in [5.41, 5.74) is 1.08. The Morgan fingerprint density at radius 2 is 1.80 bits per heavy atom. The second-order valence-electron chi connectivity index (χ2n) is 10.3. The summed E-state index contributed by atoms with van der Waals surface area (Å²) < 4.78 is 5.57. The van der Waals surface area contributed by atoms with Crippen LogP contribution in [-0.4, -0.2) is 59.6 Å². The lowest BCUT2D eigenvalue weighted by Crippen LogP contribution is -2.43. The zero-order valence-corrected chi connectivity index (χ0v) is 23.1. The fraction of sp³-hybridized carbons (Fsp3) is 0.281. The summed E-state index contributed by atoms with van der Waals surface area (Å²) in [4.78, 5) is 43.8. The molecule has 2 N–H and O–H groups in total. The third kappa shape index (κ3) is 5.21. The second kappa shape index (κ2) is 11.6. The van der Waals surface area contributed by atoms with E-state index in [2.05, 4.69) is 0 Å². The zero-order chi connectivity index (χ0) is 29.1. The van der Waals surface area contributed by atoms with E-state index in [4.69, 9.17) is 4.74 Å². The lowest BCUT2D eigenvalue weighted by Gasteiger charge is -2.31. The average molecular weight is 556 g/mol. The molecule has 212 valence electrons. The Labute approximate surface area is 238 Å². The highest BCUT2D eigenvalue weighted by Gasteiger charge is 2.51. The molecule has 3 amide bonds. The first kappa shape index (κ1) is 28.1. The monoisotopic (exact) mass is 555 g/mol. The van der Waals surface area contributed by atoms with Crippen LogP contribution in [0.15, 0.2) is 84.9 Å². The highest BCUT2D eigenvalue weighted by atomic mass is 16.5. The second-order valence-corrected chi connectivity index (χ2v) is 10.3. The van der Waals surface area contributed by atoms with Gasteiger partial charge in [-0.05, 0) is 35.9 Å². The molecule has 2 heterocycles. The maximum atomic E-state index is 13.4. The van der Waals surface area contributed by atoms with Gasteiger partial charge in [-0.2, -0.15) is 0 Å². The Kier molecular flexibility index (Phi) is 7.92. The number of fused-ring (bicyclic) bond motifs is 2.